The van der Waals surface area contributed by atoms with Crippen LogP contribution in [0.3, 0.4) is 0 Å². The van der Waals surface area contributed by atoms with Gasteiger partial charge in [0.2, 0.25) is 0 Å². The molecule has 6 heteroatoms. The summed E-state index contributed by atoms with van der Waals surface area (Å²) in [5.74, 6) is -0.351. The van der Waals surface area contributed by atoms with E-state index in [2.05, 4.69) is 10.6 Å². The molecule has 3 rings (SSSR count). The van der Waals surface area contributed by atoms with E-state index in [1.54, 1.807) is 6.07 Å². The quantitative estimate of drug-likeness (QED) is 0.591. The molecule has 0 bridgehead atoms. The average molecular weight is 353 g/mol. The van der Waals surface area contributed by atoms with Crippen LogP contribution in [0.1, 0.15) is 48.0 Å². The van der Waals surface area contributed by atoms with Crippen molar-refractivity contribution >= 4 is 23.0 Å². The zero-order valence-electron chi connectivity index (χ0n) is 14.8. The van der Waals surface area contributed by atoms with Crippen molar-refractivity contribution < 1.29 is 9.72 Å². The van der Waals surface area contributed by atoms with Crippen molar-refractivity contribution in [2.24, 2.45) is 0 Å². The van der Waals surface area contributed by atoms with Crippen LogP contribution in [0.2, 0.25) is 0 Å². The number of nitrogens with zero attached hydrogens (tertiary/aromatic N) is 1. The second-order valence-corrected chi connectivity index (χ2v) is 6.79. The van der Waals surface area contributed by atoms with Crippen LogP contribution in [-0.2, 0) is 0 Å². The van der Waals surface area contributed by atoms with Crippen molar-refractivity contribution in [1.82, 2.24) is 0 Å². The Labute approximate surface area is 152 Å². The molecule has 1 amide bonds. The molecule has 0 atom stereocenters. The number of nitrogens with one attached hydrogen (secondary N) is 2. The fourth-order valence-electron chi connectivity index (χ4n) is 3.26. The predicted molar refractivity (Wildman–Crippen MR) is 103 cm³/mol. The highest BCUT2D eigenvalue weighted by Gasteiger charge is 2.20. The van der Waals surface area contributed by atoms with E-state index in [0.29, 0.717) is 23.0 Å². The highest BCUT2D eigenvalue weighted by Crippen LogP contribution is 2.27. The monoisotopic (exact) mass is 353 g/mol. The zero-order valence-corrected chi connectivity index (χ0v) is 14.8. The van der Waals surface area contributed by atoms with Crippen molar-refractivity contribution in [3.8, 4) is 0 Å². The fraction of sp³-hybridized carbons (Fsp3) is 0.350. The first-order valence-corrected chi connectivity index (χ1v) is 8.96. The summed E-state index contributed by atoms with van der Waals surface area (Å²) in [4.78, 5) is 23.4. The summed E-state index contributed by atoms with van der Waals surface area (Å²) in [5.41, 5.74) is 2.61. The lowest BCUT2D eigenvalue weighted by atomic mass is 9.95. The van der Waals surface area contributed by atoms with Gasteiger partial charge in [-0.05, 0) is 38.0 Å². The van der Waals surface area contributed by atoms with E-state index in [1.807, 2.05) is 31.2 Å². The third-order valence-corrected chi connectivity index (χ3v) is 4.73. The summed E-state index contributed by atoms with van der Waals surface area (Å²) in [6.45, 7) is 1.97. The van der Waals surface area contributed by atoms with E-state index in [9.17, 15) is 14.9 Å². The standard InChI is InChI=1S/C20H23N3O3/c1-14-7-9-16(10-8-14)22-20(24)18-13-17(23(25)26)11-12-19(18)21-15-5-3-2-4-6-15/h7-13,15,21H,2-6H2,1H3,(H,22,24). The number of rotatable bonds is 5. The van der Waals surface area contributed by atoms with Crippen molar-refractivity contribution in [2.75, 3.05) is 10.6 Å². The minimum absolute atomic E-state index is 0.0896. The van der Waals surface area contributed by atoms with Gasteiger partial charge in [0.05, 0.1) is 10.5 Å². The number of amides is 1. The Kier molecular flexibility index (Phi) is 5.51. The van der Waals surface area contributed by atoms with E-state index in [0.717, 1.165) is 31.2 Å². The molecule has 6 nitrogen and oxygen atoms in total. The predicted octanol–water partition coefficient (Wildman–Crippen LogP) is 4.90. The van der Waals surface area contributed by atoms with Crippen molar-refractivity contribution in [3.05, 3.63) is 63.7 Å². The second kappa shape index (κ2) is 7.99. The van der Waals surface area contributed by atoms with Gasteiger partial charge in [0.15, 0.2) is 0 Å². The number of nitro benzene ring substituents is 1. The van der Waals surface area contributed by atoms with Crippen LogP contribution in [-0.4, -0.2) is 16.9 Å². The molecule has 1 fully saturated rings. The molecular weight excluding hydrogens is 330 g/mol. The van der Waals surface area contributed by atoms with Gasteiger partial charge in [-0.3, -0.25) is 14.9 Å². The van der Waals surface area contributed by atoms with E-state index < -0.39 is 4.92 Å². The van der Waals surface area contributed by atoms with E-state index in [4.69, 9.17) is 0 Å². The lowest BCUT2D eigenvalue weighted by Gasteiger charge is -2.25. The molecule has 1 aliphatic carbocycles. The van der Waals surface area contributed by atoms with Gasteiger partial charge in [-0.25, -0.2) is 0 Å². The fourth-order valence-corrected chi connectivity index (χ4v) is 3.26. The Hall–Kier alpha value is -2.89. The van der Waals surface area contributed by atoms with Crippen LogP contribution in [0, 0.1) is 17.0 Å². The summed E-state index contributed by atoms with van der Waals surface area (Å²) in [7, 11) is 0. The minimum Gasteiger partial charge on any atom is -0.382 e. The highest BCUT2D eigenvalue weighted by molar-refractivity contribution is 6.08. The van der Waals surface area contributed by atoms with Gasteiger partial charge in [-0.1, -0.05) is 37.0 Å². The lowest BCUT2D eigenvalue weighted by Crippen LogP contribution is -2.24. The molecule has 136 valence electrons. The Balaban J connectivity index is 1.85. The largest absolute Gasteiger partial charge is 0.382 e. The zero-order chi connectivity index (χ0) is 18.5. The molecule has 2 aromatic rings. The molecule has 0 aliphatic heterocycles. The summed E-state index contributed by atoms with van der Waals surface area (Å²) in [6.07, 6.45) is 5.66. The van der Waals surface area contributed by atoms with Crippen LogP contribution in [0.15, 0.2) is 42.5 Å². The molecule has 2 aromatic carbocycles. The van der Waals surface area contributed by atoms with Gasteiger partial charge >= 0.3 is 0 Å². The molecule has 0 heterocycles. The number of carbonyl (C=O) groups is 1. The van der Waals surface area contributed by atoms with Crippen LogP contribution in [0.4, 0.5) is 17.1 Å². The molecule has 2 N–H and O–H groups in total. The summed E-state index contributed by atoms with van der Waals surface area (Å²) < 4.78 is 0. The third-order valence-electron chi connectivity index (χ3n) is 4.73. The van der Waals surface area contributed by atoms with E-state index in [-0.39, 0.29) is 11.6 Å². The second-order valence-electron chi connectivity index (χ2n) is 6.79. The van der Waals surface area contributed by atoms with E-state index >= 15 is 0 Å². The molecule has 0 spiro atoms. The first-order chi connectivity index (χ1) is 12.5. The number of benzene rings is 2. The number of hydrogen-bond donors (Lipinski definition) is 2. The summed E-state index contributed by atoms with van der Waals surface area (Å²) in [5, 5.41) is 17.4. The maximum absolute atomic E-state index is 12.8. The Morgan fingerprint density at radius 1 is 1.08 bits per heavy atom. The molecular formula is C20H23N3O3. The third kappa shape index (κ3) is 4.39. The van der Waals surface area contributed by atoms with Crippen LogP contribution in [0.5, 0.6) is 0 Å². The van der Waals surface area contributed by atoms with Crippen LogP contribution >= 0.6 is 0 Å². The lowest BCUT2D eigenvalue weighted by molar-refractivity contribution is -0.384. The molecule has 0 aromatic heterocycles. The maximum atomic E-state index is 12.8. The maximum Gasteiger partial charge on any atom is 0.270 e. The van der Waals surface area contributed by atoms with Crippen LogP contribution in [0.25, 0.3) is 0 Å². The van der Waals surface area contributed by atoms with Gasteiger partial charge in [-0.2, -0.15) is 0 Å². The Bertz CT molecular complexity index is 796. The first-order valence-electron chi connectivity index (χ1n) is 8.96. The molecule has 0 saturated heterocycles. The molecule has 0 radical (unpaired) electrons. The molecule has 0 unspecified atom stereocenters. The number of anilines is 2. The van der Waals surface area contributed by atoms with Gasteiger partial charge in [-0.15, -0.1) is 0 Å². The van der Waals surface area contributed by atoms with Gasteiger partial charge in [0, 0.05) is 29.5 Å². The van der Waals surface area contributed by atoms with Gasteiger partial charge in [0.1, 0.15) is 0 Å². The normalized spacial score (nSPS) is 14.7. The van der Waals surface area contributed by atoms with Gasteiger partial charge in [0.25, 0.3) is 11.6 Å². The van der Waals surface area contributed by atoms with Crippen molar-refractivity contribution in [3.63, 3.8) is 0 Å². The summed E-state index contributed by atoms with van der Waals surface area (Å²) >= 11 is 0. The molecule has 26 heavy (non-hydrogen) atoms. The average Bonchev–Trinajstić information content (AvgIpc) is 2.64. The molecule has 1 aliphatic rings. The number of carbonyl (C=O) groups excluding carboxylic acids is 1. The number of hydrogen-bond acceptors (Lipinski definition) is 4. The topological polar surface area (TPSA) is 84.3 Å². The van der Waals surface area contributed by atoms with Crippen molar-refractivity contribution in [1.29, 1.82) is 0 Å². The van der Waals surface area contributed by atoms with Gasteiger partial charge < -0.3 is 10.6 Å². The Morgan fingerprint density at radius 2 is 1.77 bits per heavy atom. The SMILES string of the molecule is Cc1ccc(NC(=O)c2cc([N+](=O)[O-])ccc2NC2CCCCC2)cc1. The Morgan fingerprint density at radius 3 is 2.42 bits per heavy atom. The summed E-state index contributed by atoms with van der Waals surface area (Å²) in [6, 6.07) is 12.2. The minimum atomic E-state index is -0.479. The number of aryl methyl sites for hydroxylation is 1. The van der Waals surface area contributed by atoms with E-state index in [1.165, 1.54) is 18.6 Å². The highest BCUT2D eigenvalue weighted by atomic mass is 16.6. The molecule has 1 saturated carbocycles. The van der Waals surface area contributed by atoms with Crippen LogP contribution < -0.4 is 10.6 Å². The van der Waals surface area contributed by atoms with Crippen molar-refractivity contribution in [2.45, 2.75) is 45.1 Å². The number of non-ortho nitro benzene ring substituents is 1. The number of nitro groups is 1. The smallest absolute Gasteiger partial charge is 0.270 e. The first kappa shape index (κ1) is 17.9.